The monoisotopic (exact) mass is 1310 g/mol. The van der Waals surface area contributed by atoms with Gasteiger partial charge in [0.1, 0.15) is 76.7 Å². The average molecular weight is 1310 g/mol. The number of aliphatic hydroxyl groups excluding tert-OH is 2. The first-order valence-electron chi connectivity index (χ1n) is 28.1. The molecule has 0 aliphatic carbocycles. The van der Waals surface area contributed by atoms with E-state index in [1.807, 2.05) is 6.92 Å². The number of primary amides is 1. The van der Waals surface area contributed by atoms with Crippen LogP contribution in [0.15, 0.2) is 93.6 Å². The number of aromatic hydroxyl groups is 1. The fourth-order valence-corrected chi connectivity index (χ4v) is 15.8. The lowest BCUT2D eigenvalue weighted by Crippen LogP contribution is -2.50. The van der Waals surface area contributed by atoms with Crippen molar-refractivity contribution in [2.24, 2.45) is 11.7 Å². The minimum Gasteiger partial charge on any atom is -0.508 e. The number of carbonyl (C=O) groups excluding carboxylic acids is 6. The smallest absolute Gasteiger partial charge is 0.303 e. The Morgan fingerprint density at radius 2 is 1.37 bits per heavy atom. The first kappa shape index (κ1) is 62.2. The number of pyridine rings is 1. The number of aliphatic hydroxyl groups is 2. The van der Waals surface area contributed by atoms with Crippen LogP contribution in [-0.2, 0) is 20.8 Å². The number of aromatic nitrogens is 7. The number of unbranched alkanes of at least 4 members (excludes halogenated alkanes) is 2. The summed E-state index contributed by atoms with van der Waals surface area (Å²) in [6.45, 7) is 3.73. The van der Waals surface area contributed by atoms with Crippen LogP contribution in [0.5, 0.6) is 5.75 Å². The summed E-state index contributed by atoms with van der Waals surface area (Å²) in [5.41, 5.74) is 8.98. The van der Waals surface area contributed by atoms with Crippen LogP contribution in [0.25, 0.3) is 43.4 Å². The van der Waals surface area contributed by atoms with Crippen molar-refractivity contribution >= 4 is 109 Å². The molecule has 23 nitrogen and oxygen atoms in total. The summed E-state index contributed by atoms with van der Waals surface area (Å²) in [6.07, 6.45) is -1.28. The molecule has 1 fully saturated rings. The molecule has 2 aromatic carbocycles. The third kappa shape index (κ3) is 14.1. The molecule has 0 spiro atoms. The number of ketones is 1. The summed E-state index contributed by atoms with van der Waals surface area (Å²) >= 11 is 7.01. The molecule has 0 radical (unpaired) electrons. The third-order valence-electron chi connectivity index (χ3n) is 15.1. The zero-order chi connectivity index (χ0) is 62.6. The number of thiazole rings is 6. The number of benzene rings is 2. The van der Waals surface area contributed by atoms with E-state index in [4.69, 9.17) is 35.8 Å². The zero-order valence-electron chi connectivity index (χ0n) is 47.4. The largest absolute Gasteiger partial charge is 0.508 e. The number of hydrogen-bond donors (Lipinski definition) is 8. The number of amides is 5. The molecule has 2 aliphatic rings. The molecule has 9 aromatic rings. The Balaban J connectivity index is 0.982. The first-order valence-corrected chi connectivity index (χ1v) is 33.3. The summed E-state index contributed by atoms with van der Waals surface area (Å²) < 4.78 is 0. The highest BCUT2D eigenvalue weighted by Crippen LogP contribution is 2.43. The Morgan fingerprint density at radius 1 is 0.708 bits per heavy atom. The normalized spacial score (nSPS) is 19.3. The van der Waals surface area contributed by atoms with E-state index < -0.39 is 83.5 Å². The van der Waals surface area contributed by atoms with Crippen molar-refractivity contribution < 1.29 is 54.0 Å². The lowest BCUT2D eigenvalue weighted by atomic mass is 9.90. The Morgan fingerprint density at radius 3 is 2.13 bits per heavy atom. The fourth-order valence-electron chi connectivity index (χ4n) is 10.4. The number of phenolic OH excluding ortho intramolecular Hbond substituents is 1. The maximum absolute atomic E-state index is 15.2. The van der Waals surface area contributed by atoms with Gasteiger partial charge in [-0.25, -0.2) is 34.9 Å². The molecule has 458 valence electrons. The maximum Gasteiger partial charge on any atom is 0.303 e. The summed E-state index contributed by atoms with van der Waals surface area (Å²) in [4.78, 5) is 131. The second kappa shape index (κ2) is 27.1. The number of rotatable bonds is 14. The molecule has 11 rings (SSSR count). The lowest BCUT2D eigenvalue weighted by Gasteiger charge is -2.29. The number of fused-ring (bicyclic) bond motifs is 16. The Bertz CT molecular complexity index is 4120. The van der Waals surface area contributed by atoms with Crippen LogP contribution in [-0.4, -0.2) is 127 Å². The van der Waals surface area contributed by atoms with Gasteiger partial charge in [0.05, 0.1) is 41.4 Å². The van der Waals surface area contributed by atoms with E-state index in [1.165, 1.54) is 56.4 Å². The predicted molar refractivity (Wildman–Crippen MR) is 336 cm³/mol. The van der Waals surface area contributed by atoms with Gasteiger partial charge in [-0.15, -0.1) is 68.0 Å². The number of nitrogens with zero attached hydrogens (tertiary/aromatic N) is 8. The third-order valence-corrected chi connectivity index (χ3v) is 20.7. The number of Topliss-reactive ketones (excluding diaryl/α,β-unsaturated/α-hetero) is 1. The molecule has 9 N–H and O–H groups in total. The number of carboxylic acid groups (broad SMARTS) is 1. The molecule has 7 atom stereocenters. The van der Waals surface area contributed by atoms with Gasteiger partial charge in [-0.2, -0.15) is 0 Å². The average Bonchev–Trinajstić information content (AvgIpc) is 4.26. The number of phenols is 1. The standard InChI is InChI=1S/C60H56N12O11S6/c1-28-44(75)22-72-49(28)59-70-42(27-88-59)57-66-38(23-86-57)48-33(16-17-35(63-48)56-69-39(24-87-56)51(80)62-18-8-4-7-11-46(77)78)54-67-40(25-84-54)52(81)64-36(21-45(61)76)58-71-47(29(2)89-58)43(74)20-34(50(79)31-9-5-3-6-10-31)55-68-41(26-85-55)53(82)65-37(60(72)83)19-30-12-14-32(73)15-13-30/h3,5-6,9-10,12-17,23-28,34,36-37,44,49-50,73,75,79H,4,7-8,11,18-22H2,1-2H3,(H2,61,76)(H,62,80)(H,64,81)(H,65,82)(H,77,78)/t28-,34-,36-,37-,44-,49-,50+/m0/s1. The van der Waals surface area contributed by atoms with Crippen molar-refractivity contribution in [3.8, 4) is 49.1 Å². The van der Waals surface area contributed by atoms with E-state index in [0.29, 0.717) is 90.2 Å². The van der Waals surface area contributed by atoms with E-state index >= 15 is 4.79 Å². The second-order valence-electron chi connectivity index (χ2n) is 21.3. The Hall–Kier alpha value is -8.42. The van der Waals surface area contributed by atoms with E-state index in [9.17, 15) is 44.1 Å². The lowest BCUT2D eigenvalue weighted by molar-refractivity contribution is -0.137. The van der Waals surface area contributed by atoms with Crippen LogP contribution in [0.3, 0.4) is 0 Å². The highest BCUT2D eigenvalue weighted by atomic mass is 32.1. The topological polar surface area (TPSA) is 356 Å². The van der Waals surface area contributed by atoms with Crippen LogP contribution in [0.4, 0.5) is 0 Å². The van der Waals surface area contributed by atoms with Crippen LogP contribution < -0.4 is 21.7 Å². The van der Waals surface area contributed by atoms with Crippen LogP contribution >= 0.6 is 68.0 Å². The van der Waals surface area contributed by atoms with Gasteiger partial charge < -0.3 is 47.0 Å². The number of aliphatic carboxylic acids is 1. The number of carbonyl (C=O) groups is 7. The van der Waals surface area contributed by atoms with E-state index in [1.54, 1.807) is 83.0 Å². The van der Waals surface area contributed by atoms with Crippen LogP contribution in [0.2, 0.25) is 0 Å². The minimum atomic E-state index is -1.30. The molecule has 2 aliphatic heterocycles. The molecule has 9 heterocycles. The fraction of sp³-hybridized carbons (Fsp3) is 0.300. The molecule has 5 amide bonds. The molecule has 0 saturated carbocycles. The van der Waals surface area contributed by atoms with E-state index in [2.05, 4.69) is 25.9 Å². The summed E-state index contributed by atoms with van der Waals surface area (Å²) in [6, 6.07) is 15.2. The van der Waals surface area contributed by atoms with Gasteiger partial charge in [-0.1, -0.05) is 55.8 Å². The van der Waals surface area contributed by atoms with Gasteiger partial charge in [0.25, 0.3) is 17.7 Å². The molecule has 29 heteroatoms. The number of aryl methyl sites for hydroxylation is 1. The minimum absolute atomic E-state index is 0.00220. The van der Waals surface area contributed by atoms with Crippen molar-refractivity contribution in [1.29, 1.82) is 0 Å². The Labute approximate surface area is 531 Å². The molecule has 89 heavy (non-hydrogen) atoms. The van der Waals surface area contributed by atoms with Gasteiger partial charge in [-0.05, 0) is 55.2 Å². The van der Waals surface area contributed by atoms with Crippen molar-refractivity contribution in [3.63, 3.8) is 0 Å². The molecular formula is C60H56N12O11S6. The van der Waals surface area contributed by atoms with Crippen molar-refractivity contribution in [3.05, 3.63) is 147 Å². The predicted octanol–water partition coefficient (Wildman–Crippen LogP) is 8.55. The van der Waals surface area contributed by atoms with Crippen LogP contribution in [0.1, 0.15) is 143 Å². The second-order valence-corrected chi connectivity index (χ2v) is 26.9. The summed E-state index contributed by atoms with van der Waals surface area (Å²) in [5.74, 6) is -6.02. The Kier molecular flexibility index (Phi) is 19.0. The summed E-state index contributed by atoms with van der Waals surface area (Å²) in [5, 5.41) is 61.7. The van der Waals surface area contributed by atoms with Gasteiger partial charge >= 0.3 is 5.97 Å². The van der Waals surface area contributed by atoms with Gasteiger partial charge in [0.15, 0.2) is 5.78 Å². The molecule has 10 bridgehead atoms. The SMILES string of the molecule is Cc1sc2nc1C(=O)C[C@@H]([C@H](O)c1ccccc1)c1nc(cs1)C(=O)N[C@@H](Cc1ccc(O)cc1)C(=O)N1C[C@H](O)[C@H](C)[C@H]1c1nc(cs1)-c1nc(cs1)-c1nc(-c3nc(C(=O)NCCCCCC(=O)O)cs3)ccc1-c1nc(cs1)C(=O)N[C@H]2CC(N)=O. The number of nitrogens with two attached hydrogens (primary N) is 1. The van der Waals surface area contributed by atoms with Gasteiger partial charge in [-0.3, -0.25) is 33.6 Å². The number of hydrogen-bond acceptors (Lipinski definition) is 23. The van der Waals surface area contributed by atoms with E-state index in [-0.39, 0.29) is 70.8 Å². The molecule has 0 unspecified atom stereocenters. The zero-order valence-corrected chi connectivity index (χ0v) is 52.3. The van der Waals surface area contributed by atoms with Crippen molar-refractivity contribution in [2.75, 3.05) is 13.1 Å². The van der Waals surface area contributed by atoms with Crippen molar-refractivity contribution in [2.45, 2.75) is 95.0 Å². The number of nitrogens with one attached hydrogen (secondary N) is 3. The highest BCUT2D eigenvalue weighted by Gasteiger charge is 2.45. The maximum atomic E-state index is 15.2. The molecular weight excluding hydrogens is 1260 g/mol. The number of carboxylic acids is 1. The molecule has 1 saturated heterocycles. The molecule has 7 aromatic heterocycles. The van der Waals surface area contributed by atoms with E-state index in [0.717, 1.165) is 34.0 Å². The highest BCUT2D eigenvalue weighted by molar-refractivity contribution is 7.15. The summed E-state index contributed by atoms with van der Waals surface area (Å²) in [7, 11) is 0. The first-order chi connectivity index (χ1) is 42.8. The van der Waals surface area contributed by atoms with Gasteiger partial charge in [0, 0.05) is 81.5 Å². The van der Waals surface area contributed by atoms with Gasteiger partial charge in [0.2, 0.25) is 11.8 Å². The quantitative estimate of drug-likeness (QED) is 0.0472. The van der Waals surface area contributed by atoms with Crippen molar-refractivity contribution in [1.82, 2.24) is 55.7 Å². The van der Waals surface area contributed by atoms with Crippen LogP contribution in [0, 0.1) is 12.8 Å².